The summed E-state index contributed by atoms with van der Waals surface area (Å²) in [7, 11) is 0. The predicted molar refractivity (Wildman–Crippen MR) is 126 cm³/mol. The number of aryl methyl sites for hydroxylation is 1. The molecule has 0 aliphatic heterocycles. The lowest BCUT2D eigenvalue weighted by molar-refractivity contribution is 0.0469. The summed E-state index contributed by atoms with van der Waals surface area (Å²) in [6, 6.07) is 17.8. The molecular formula is C28H25NO4. The molecule has 2 aromatic rings. The summed E-state index contributed by atoms with van der Waals surface area (Å²) in [5.74, 6) is 0.690. The molecule has 0 spiro atoms. The van der Waals surface area contributed by atoms with Crippen LogP contribution in [0.3, 0.4) is 0 Å². The number of hydrogen-bond acceptors (Lipinski definition) is 4. The van der Waals surface area contributed by atoms with E-state index in [9.17, 15) is 14.7 Å². The maximum Gasteiger partial charge on any atom is 0.341 e. The van der Waals surface area contributed by atoms with Gasteiger partial charge in [-0.2, -0.15) is 0 Å². The van der Waals surface area contributed by atoms with Crippen LogP contribution < -0.4 is 0 Å². The molecule has 0 bridgehead atoms. The molecule has 5 heteroatoms. The van der Waals surface area contributed by atoms with E-state index in [0.29, 0.717) is 11.4 Å². The van der Waals surface area contributed by atoms with Gasteiger partial charge >= 0.3 is 11.9 Å². The van der Waals surface area contributed by atoms with E-state index in [1.54, 1.807) is 6.92 Å². The topological polar surface area (TPSA) is 76.5 Å². The number of fused-ring (bicyclic) bond motifs is 1. The number of ether oxygens (including phenoxy) is 1. The highest BCUT2D eigenvalue weighted by atomic mass is 16.5. The second-order valence-electron chi connectivity index (χ2n) is 8.28. The first-order chi connectivity index (χ1) is 16.0. The van der Waals surface area contributed by atoms with Crippen LogP contribution in [0.25, 0.3) is 11.1 Å². The molecule has 0 unspecified atom stereocenters. The van der Waals surface area contributed by atoms with Crippen molar-refractivity contribution in [1.82, 2.24) is 4.98 Å². The Kier molecular flexibility index (Phi) is 6.55. The number of esters is 1. The van der Waals surface area contributed by atoms with Gasteiger partial charge in [-0.25, -0.2) is 9.59 Å². The molecule has 1 saturated carbocycles. The molecule has 166 valence electrons. The van der Waals surface area contributed by atoms with Gasteiger partial charge in [0.15, 0.2) is 0 Å². The van der Waals surface area contributed by atoms with Gasteiger partial charge in [-0.15, -0.1) is 6.42 Å². The lowest BCUT2D eigenvalue weighted by Gasteiger charge is -2.18. The van der Waals surface area contributed by atoms with Gasteiger partial charge < -0.3 is 9.84 Å². The summed E-state index contributed by atoms with van der Waals surface area (Å²) in [4.78, 5) is 29.1. The Morgan fingerprint density at radius 1 is 1.03 bits per heavy atom. The van der Waals surface area contributed by atoms with Crippen molar-refractivity contribution in [2.45, 2.75) is 45.1 Å². The smallest absolute Gasteiger partial charge is 0.341 e. The maximum absolute atomic E-state index is 12.9. The van der Waals surface area contributed by atoms with Crippen LogP contribution in [-0.2, 0) is 11.3 Å². The highest BCUT2D eigenvalue weighted by Gasteiger charge is 2.31. The zero-order chi connectivity index (χ0) is 23.4. The molecule has 1 aromatic heterocycles. The number of pyridine rings is 1. The number of aromatic carboxylic acids is 1. The van der Waals surface area contributed by atoms with Crippen molar-refractivity contribution in [3.63, 3.8) is 0 Å². The number of aromatic nitrogens is 1. The molecule has 3 aliphatic rings. The van der Waals surface area contributed by atoms with Gasteiger partial charge in [-0.1, -0.05) is 73.4 Å². The number of carbonyl (C=O) groups excluding carboxylic acids is 1. The summed E-state index contributed by atoms with van der Waals surface area (Å²) < 4.78 is 5.46. The van der Waals surface area contributed by atoms with Crippen LogP contribution >= 0.6 is 0 Å². The van der Waals surface area contributed by atoms with Crippen LogP contribution in [-0.4, -0.2) is 22.0 Å². The minimum absolute atomic E-state index is 0.0648. The molecule has 0 radical (unpaired) electrons. The van der Waals surface area contributed by atoms with E-state index in [4.69, 9.17) is 11.2 Å². The Bertz CT molecular complexity index is 1200. The average molecular weight is 440 g/mol. The minimum atomic E-state index is -1.19. The molecule has 1 aromatic carbocycles. The molecule has 1 N–H and O–H groups in total. The van der Waals surface area contributed by atoms with Crippen LogP contribution in [0.2, 0.25) is 0 Å². The molecule has 3 aliphatic carbocycles. The first-order valence-electron chi connectivity index (χ1n) is 11.1. The first kappa shape index (κ1) is 22.3. The van der Waals surface area contributed by atoms with Gasteiger partial charge in [-0.05, 0) is 36.5 Å². The van der Waals surface area contributed by atoms with E-state index in [0.717, 1.165) is 31.2 Å². The number of rotatable bonds is 5. The standard InChI is InChI=1S/C22H21NO4.C6H4/c1-3-17-18(21(24)25)14(2)23-20(16-11-7-8-12-16)19(17)22(26)27-13-15-9-5-4-6-10-15;1-2-6-4-3-5(1)6/h1,4-6,9-10,16H,7-8,11-13H2,2H3,(H,24,25);1-4H. The van der Waals surface area contributed by atoms with E-state index < -0.39 is 11.9 Å². The van der Waals surface area contributed by atoms with E-state index in [-0.39, 0.29) is 29.2 Å². The Hall–Kier alpha value is -3.91. The number of carboxylic acids is 1. The van der Waals surface area contributed by atoms with Crippen LogP contribution in [0.15, 0.2) is 54.6 Å². The summed E-state index contributed by atoms with van der Waals surface area (Å²) in [6.45, 7) is 1.70. The summed E-state index contributed by atoms with van der Waals surface area (Å²) >= 11 is 0. The third-order valence-electron chi connectivity index (χ3n) is 6.14. The normalized spacial score (nSPS) is 13.5. The average Bonchev–Trinajstić information content (AvgIpc) is 3.34. The lowest BCUT2D eigenvalue weighted by Crippen LogP contribution is -2.19. The van der Waals surface area contributed by atoms with Crippen molar-refractivity contribution >= 4 is 11.9 Å². The van der Waals surface area contributed by atoms with Crippen LogP contribution in [0.4, 0.5) is 0 Å². The first-order valence-corrected chi connectivity index (χ1v) is 11.1. The second-order valence-corrected chi connectivity index (χ2v) is 8.28. The van der Waals surface area contributed by atoms with Crippen LogP contribution in [0.5, 0.6) is 0 Å². The highest BCUT2D eigenvalue weighted by molar-refractivity contribution is 6.00. The Morgan fingerprint density at radius 2 is 1.64 bits per heavy atom. The van der Waals surface area contributed by atoms with E-state index in [2.05, 4.69) is 35.2 Å². The SMILES string of the molecule is C#Cc1c(C(=O)O)c(C)nc(C2CCCC2)c1C(=O)OCc1ccccc1.c1cc2ccc1-2. The van der Waals surface area contributed by atoms with Gasteiger partial charge in [0.2, 0.25) is 0 Å². The monoisotopic (exact) mass is 439 g/mol. The zero-order valence-electron chi connectivity index (χ0n) is 18.5. The minimum Gasteiger partial charge on any atom is -0.478 e. The Morgan fingerprint density at radius 3 is 2.12 bits per heavy atom. The fraction of sp³-hybridized carbons (Fsp3) is 0.250. The number of carbonyl (C=O) groups is 2. The fourth-order valence-corrected chi connectivity index (χ4v) is 4.29. The number of benzene rings is 2. The number of hydrogen-bond donors (Lipinski definition) is 1. The summed E-state index contributed by atoms with van der Waals surface area (Å²) in [5, 5.41) is 9.56. The summed E-state index contributed by atoms with van der Waals surface area (Å²) in [6.07, 6.45) is 9.53. The van der Waals surface area contributed by atoms with E-state index >= 15 is 0 Å². The van der Waals surface area contributed by atoms with Crippen LogP contribution in [0.1, 0.15) is 74.8 Å². The molecule has 1 heterocycles. The van der Waals surface area contributed by atoms with Crippen molar-refractivity contribution in [2.24, 2.45) is 0 Å². The van der Waals surface area contributed by atoms with Crippen LogP contribution in [0, 0.1) is 19.3 Å². The maximum atomic E-state index is 12.9. The number of carboxylic acid groups (broad SMARTS) is 1. The molecular weight excluding hydrogens is 414 g/mol. The second kappa shape index (κ2) is 9.70. The van der Waals surface area contributed by atoms with Gasteiger partial charge in [-0.3, -0.25) is 4.98 Å². The molecule has 33 heavy (non-hydrogen) atoms. The van der Waals surface area contributed by atoms with Gasteiger partial charge in [0.05, 0.1) is 28.1 Å². The quantitative estimate of drug-likeness (QED) is 0.316. The molecule has 0 atom stereocenters. The zero-order valence-corrected chi connectivity index (χ0v) is 18.5. The summed E-state index contributed by atoms with van der Waals surface area (Å²) in [5.41, 5.74) is 4.68. The van der Waals surface area contributed by atoms with Gasteiger partial charge in [0.1, 0.15) is 6.61 Å². The molecule has 1 fully saturated rings. The van der Waals surface area contributed by atoms with Crippen molar-refractivity contribution in [1.29, 1.82) is 0 Å². The molecule has 5 rings (SSSR count). The number of terminal acetylenes is 1. The largest absolute Gasteiger partial charge is 0.478 e. The molecule has 0 saturated heterocycles. The highest BCUT2D eigenvalue weighted by Crippen LogP contribution is 2.37. The third kappa shape index (κ3) is 4.65. The number of nitrogens with zero attached hydrogens (tertiary/aromatic N) is 1. The molecule has 5 nitrogen and oxygen atoms in total. The fourth-order valence-electron chi connectivity index (χ4n) is 4.29. The van der Waals surface area contributed by atoms with Gasteiger partial charge in [0.25, 0.3) is 0 Å². The van der Waals surface area contributed by atoms with E-state index in [1.807, 2.05) is 30.3 Å². The Labute approximate surface area is 193 Å². The van der Waals surface area contributed by atoms with Crippen molar-refractivity contribution in [2.75, 3.05) is 0 Å². The predicted octanol–water partition coefficient (Wildman–Crippen LogP) is 5.75. The Balaban J connectivity index is 0.000000367. The lowest BCUT2D eigenvalue weighted by atomic mass is 9.91. The van der Waals surface area contributed by atoms with Gasteiger partial charge in [0, 0.05) is 5.92 Å². The van der Waals surface area contributed by atoms with E-state index in [1.165, 1.54) is 11.1 Å². The van der Waals surface area contributed by atoms with Crippen molar-refractivity contribution in [3.05, 3.63) is 88.2 Å². The third-order valence-corrected chi connectivity index (χ3v) is 6.14. The molecule has 0 amide bonds. The van der Waals surface area contributed by atoms with Crippen molar-refractivity contribution < 1.29 is 19.4 Å². The van der Waals surface area contributed by atoms with Crippen molar-refractivity contribution in [3.8, 4) is 23.5 Å².